The highest BCUT2D eigenvalue weighted by Crippen LogP contribution is 2.44. The van der Waals surface area contributed by atoms with Gasteiger partial charge in [0.2, 0.25) is 0 Å². The van der Waals surface area contributed by atoms with E-state index in [1.54, 1.807) is 10.7 Å². The molecule has 1 saturated carbocycles. The molecule has 0 unspecified atom stereocenters. The van der Waals surface area contributed by atoms with Gasteiger partial charge in [0, 0.05) is 29.1 Å². The lowest BCUT2D eigenvalue weighted by atomic mass is 9.80. The van der Waals surface area contributed by atoms with Gasteiger partial charge in [-0.2, -0.15) is 5.10 Å². The number of hydrogen-bond acceptors (Lipinski definition) is 2. The van der Waals surface area contributed by atoms with Crippen LogP contribution in [0.2, 0.25) is 10.0 Å². The lowest BCUT2D eigenvalue weighted by Gasteiger charge is -2.24. The van der Waals surface area contributed by atoms with Crippen LogP contribution in [0.3, 0.4) is 0 Å². The summed E-state index contributed by atoms with van der Waals surface area (Å²) in [5, 5.41) is 5.82. The molecule has 100 valence electrons. The zero-order valence-corrected chi connectivity index (χ0v) is 12.2. The zero-order chi connectivity index (χ0) is 13.6. The molecule has 1 aromatic carbocycles. The second kappa shape index (κ2) is 4.73. The monoisotopic (exact) mass is 295 g/mol. The third-order valence-corrected chi connectivity index (χ3v) is 4.36. The van der Waals surface area contributed by atoms with Gasteiger partial charge in [-0.1, -0.05) is 35.7 Å². The van der Waals surface area contributed by atoms with Gasteiger partial charge in [0.1, 0.15) is 5.82 Å². The fraction of sp³-hybridized carbons (Fsp3) is 0.357. The van der Waals surface area contributed by atoms with E-state index in [-0.39, 0.29) is 0 Å². The topological polar surface area (TPSA) is 43.8 Å². The number of benzene rings is 1. The molecule has 2 N–H and O–H groups in total. The molecule has 1 fully saturated rings. The van der Waals surface area contributed by atoms with Crippen LogP contribution >= 0.6 is 23.2 Å². The molecule has 1 aromatic heterocycles. The molecule has 0 saturated heterocycles. The number of aromatic nitrogens is 2. The molecule has 0 radical (unpaired) electrons. The SMILES string of the molecule is Cn1nc(C2CCC2)c(-c2ccc(Cl)cc2Cl)c1N. The summed E-state index contributed by atoms with van der Waals surface area (Å²) in [6.07, 6.45) is 3.61. The molecule has 2 aromatic rings. The molecule has 5 heteroatoms. The number of anilines is 1. The van der Waals surface area contributed by atoms with Crippen molar-refractivity contribution in [1.82, 2.24) is 9.78 Å². The van der Waals surface area contributed by atoms with Gasteiger partial charge in [0.25, 0.3) is 0 Å². The minimum atomic E-state index is 0.505. The Morgan fingerprint density at radius 1 is 1.32 bits per heavy atom. The first-order chi connectivity index (χ1) is 9.08. The summed E-state index contributed by atoms with van der Waals surface area (Å²) in [5.74, 6) is 1.16. The van der Waals surface area contributed by atoms with Gasteiger partial charge >= 0.3 is 0 Å². The molecule has 1 heterocycles. The molecule has 0 bridgehead atoms. The maximum absolute atomic E-state index is 6.31. The van der Waals surface area contributed by atoms with E-state index in [0.29, 0.717) is 21.8 Å². The van der Waals surface area contributed by atoms with Gasteiger partial charge in [-0.25, -0.2) is 0 Å². The van der Waals surface area contributed by atoms with Crippen molar-refractivity contribution in [3.8, 4) is 11.1 Å². The van der Waals surface area contributed by atoms with Gasteiger partial charge in [0.05, 0.1) is 10.7 Å². The Kier molecular flexibility index (Phi) is 3.19. The number of aryl methyl sites for hydroxylation is 1. The molecule has 0 amide bonds. The summed E-state index contributed by atoms with van der Waals surface area (Å²) < 4.78 is 1.73. The van der Waals surface area contributed by atoms with Crippen molar-refractivity contribution >= 4 is 29.0 Å². The fourth-order valence-corrected chi connectivity index (χ4v) is 3.00. The van der Waals surface area contributed by atoms with E-state index >= 15 is 0 Å². The summed E-state index contributed by atoms with van der Waals surface area (Å²) in [5.41, 5.74) is 9.11. The quantitative estimate of drug-likeness (QED) is 0.900. The molecular formula is C14H15Cl2N3. The number of halogens is 2. The predicted molar refractivity (Wildman–Crippen MR) is 79.7 cm³/mol. The van der Waals surface area contributed by atoms with Crippen molar-refractivity contribution in [3.05, 3.63) is 33.9 Å². The smallest absolute Gasteiger partial charge is 0.129 e. The summed E-state index contributed by atoms with van der Waals surface area (Å²) >= 11 is 12.3. The molecule has 3 nitrogen and oxygen atoms in total. The highest BCUT2D eigenvalue weighted by Gasteiger charge is 2.28. The average Bonchev–Trinajstić information content (AvgIpc) is 2.54. The second-order valence-corrected chi connectivity index (χ2v) is 5.86. The van der Waals surface area contributed by atoms with Gasteiger partial charge < -0.3 is 5.73 Å². The largest absolute Gasteiger partial charge is 0.383 e. The van der Waals surface area contributed by atoms with Crippen molar-refractivity contribution in [2.24, 2.45) is 7.05 Å². The molecular weight excluding hydrogens is 281 g/mol. The standard InChI is InChI=1S/C14H15Cl2N3/c1-19-14(17)12(13(18-19)8-3-2-4-8)10-6-5-9(15)7-11(10)16/h5-8H,2-4,17H2,1H3. The Labute approximate surface area is 122 Å². The van der Waals surface area contributed by atoms with Crippen molar-refractivity contribution in [1.29, 1.82) is 0 Å². The first-order valence-corrected chi connectivity index (χ1v) is 7.11. The Morgan fingerprint density at radius 3 is 2.63 bits per heavy atom. The molecule has 0 atom stereocenters. The van der Waals surface area contributed by atoms with Crippen LogP contribution in [0, 0.1) is 0 Å². The summed E-state index contributed by atoms with van der Waals surface area (Å²) in [6, 6.07) is 5.50. The summed E-state index contributed by atoms with van der Waals surface area (Å²) in [6.45, 7) is 0. The summed E-state index contributed by atoms with van der Waals surface area (Å²) in [7, 11) is 1.87. The highest BCUT2D eigenvalue weighted by molar-refractivity contribution is 6.36. The lowest BCUT2D eigenvalue weighted by molar-refractivity contribution is 0.408. The number of nitrogens with two attached hydrogens (primary N) is 1. The van der Waals surface area contributed by atoms with E-state index in [9.17, 15) is 0 Å². The van der Waals surface area contributed by atoms with Crippen LogP contribution < -0.4 is 5.73 Å². The van der Waals surface area contributed by atoms with E-state index in [2.05, 4.69) is 5.10 Å². The Balaban J connectivity index is 2.17. The number of nitrogen functional groups attached to an aromatic ring is 1. The van der Waals surface area contributed by atoms with Gasteiger partial charge in [-0.3, -0.25) is 4.68 Å². The van der Waals surface area contributed by atoms with Crippen LogP contribution in [-0.2, 0) is 7.05 Å². The maximum atomic E-state index is 6.31. The Bertz CT molecular complexity index is 630. The summed E-state index contributed by atoms with van der Waals surface area (Å²) in [4.78, 5) is 0. The van der Waals surface area contributed by atoms with E-state index in [4.69, 9.17) is 28.9 Å². The number of nitrogens with zero attached hydrogens (tertiary/aromatic N) is 2. The zero-order valence-electron chi connectivity index (χ0n) is 10.7. The van der Waals surface area contributed by atoms with Crippen LogP contribution in [0.5, 0.6) is 0 Å². The third-order valence-electron chi connectivity index (χ3n) is 3.81. The molecule has 1 aliphatic carbocycles. The van der Waals surface area contributed by atoms with E-state index in [1.807, 2.05) is 19.2 Å². The molecule has 3 rings (SSSR count). The van der Waals surface area contributed by atoms with E-state index in [0.717, 1.165) is 16.8 Å². The molecule has 1 aliphatic rings. The van der Waals surface area contributed by atoms with Crippen molar-refractivity contribution in [2.45, 2.75) is 25.2 Å². The predicted octanol–water partition coefficient (Wildman–Crippen LogP) is 4.24. The van der Waals surface area contributed by atoms with E-state index < -0.39 is 0 Å². The van der Waals surface area contributed by atoms with Crippen LogP contribution in [0.1, 0.15) is 30.9 Å². The normalized spacial score (nSPS) is 15.5. The van der Waals surface area contributed by atoms with Crippen molar-refractivity contribution < 1.29 is 0 Å². The van der Waals surface area contributed by atoms with Crippen LogP contribution in [0.15, 0.2) is 18.2 Å². The van der Waals surface area contributed by atoms with Crippen LogP contribution in [0.25, 0.3) is 11.1 Å². The minimum Gasteiger partial charge on any atom is -0.383 e. The molecule has 0 spiro atoms. The van der Waals surface area contributed by atoms with Crippen LogP contribution in [0.4, 0.5) is 5.82 Å². The van der Waals surface area contributed by atoms with Crippen LogP contribution in [-0.4, -0.2) is 9.78 Å². The van der Waals surface area contributed by atoms with Crippen molar-refractivity contribution in [3.63, 3.8) is 0 Å². The average molecular weight is 296 g/mol. The Hall–Kier alpha value is -1.19. The number of rotatable bonds is 2. The highest BCUT2D eigenvalue weighted by atomic mass is 35.5. The maximum Gasteiger partial charge on any atom is 0.129 e. The van der Waals surface area contributed by atoms with Crippen molar-refractivity contribution in [2.75, 3.05) is 5.73 Å². The first-order valence-electron chi connectivity index (χ1n) is 6.35. The Morgan fingerprint density at radius 2 is 2.05 bits per heavy atom. The van der Waals surface area contributed by atoms with Gasteiger partial charge in [-0.15, -0.1) is 0 Å². The molecule has 19 heavy (non-hydrogen) atoms. The second-order valence-electron chi connectivity index (χ2n) is 5.02. The van der Waals surface area contributed by atoms with Gasteiger partial charge in [0.15, 0.2) is 0 Å². The first kappa shape index (κ1) is 12.8. The fourth-order valence-electron chi connectivity index (χ4n) is 2.49. The molecule has 0 aliphatic heterocycles. The van der Waals surface area contributed by atoms with E-state index in [1.165, 1.54) is 19.3 Å². The van der Waals surface area contributed by atoms with Gasteiger partial charge in [-0.05, 0) is 25.0 Å². The lowest BCUT2D eigenvalue weighted by Crippen LogP contribution is -2.10. The number of hydrogen-bond donors (Lipinski definition) is 1. The third kappa shape index (κ3) is 2.11. The minimum absolute atomic E-state index is 0.505.